The van der Waals surface area contributed by atoms with Gasteiger partial charge in [-0.25, -0.2) is 9.89 Å². The Bertz CT molecular complexity index is 569. The number of nitrogens with zero attached hydrogens (tertiary/aromatic N) is 2. The number of aromatic nitrogens is 3. The first-order chi connectivity index (χ1) is 7.65. The maximum Gasteiger partial charge on any atom is 0.363 e. The van der Waals surface area contributed by atoms with Crippen LogP contribution in [0.5, 0.6) is 5.75 Å². The highest BCUT2D eigenvalue weighted by Crippen LogP contribution is 2.28. The molecule has 0 aliphatic heterocycles. The molecule has 0 spiro atoms. The zero-order valence-corrected chi connectivity index (χ0v) is 8.69. The Balaban J connectivity index is 2.33. The van der Waals surface area contributed by atoms with E-state index in [0.717, 1.165) is 0 Å². The van der Waals surface area contributed by atoms with Gasteiger partial charge in [-0.05, 0) is 18.2 Å². The molecule has 1 aromatic carbocycles. The lowest BCUT2D eigenvalue weighted by atomic mass is 10.3. The van der Waals surface area contributed by atoms with Gasteiger partial charge >= 0.3 is 5.69 Å². The van der Waals surface area contributed by atoms with E-state index in [9.17, 15) is 9.90 Å². The zero-order valence-electron chi connectivity index (χ0n) is 7.94. The van der Waals surface area contributed by atoms with Gasteiger partial charge in [-0.1, -0.05) is 11.6 Å². The van der Waals surface area contributed by atoms with Crippen LogP contribution in [0.2, 0.25) is 5.02 Å². The number of halogens is 1. The summed E-state index contributed by atoms with van der Waals surface area (Å²) in [6.07, 6.45) is 1.32. The van der Waals surface area contributed by atoms with E-state index in [-0.39, 0.29) is 11.6 Å². The average molecular weight is 239 g/mol. The van der Waals surface area contributed by atoms with Gasteiger partial charge in [-0.2, -0.15) is 10.1 Å². The van der Waals surface area contributed by atoms with Crippen LogP contribution in [0.3, 0.4) is 0 Å². The summed E-state index contributed by atoms with van der Waals surface area (Å²) in [6.45, 7) is 0. The Morgan fingerprint density at radius 3 is 3.00 bits per heavy atom. The maximum absolute atomic E-state index is 10.9. The molecule has 0 fully saturated rings. The van der Waals surface area contributed by atoms with Crippen LogP contribution in [-0.2, 0) is 0 Å². The van der Waals surface area contributed by atoms with Crippen molar-refractivity contribution in [3.63, 3.8) is 0 Å². The minimum Gasteiger partial charge on any atom is -0.506 e. The molecule has 0 saturated carbocycles. The van der Waals surface area contributed by atoms with Crippen LogP contribution in [-0.4, -0.2) is 20.3 Å². The number of hydrogen-bond acceptors (Lipinski definition) is 5. The molecule has 6 nitrogen and oxygen atoms in total. The number of phenolic OH excluding ortho intramolecular Hbond substituents is 1. The number of anilines is 2. The van der Waals surface area contributed by atoms with Gasteiger partial charge in [0, 0.05) is 5.02 Å². The molecular weight excluding hydrogens is 232 g/mol. The first kappa shape index (κ1) is 10.4. The molecule has 0 bridgehead atoms. The number of benzene rings is 1. The predicted molar refractivity (Wildman–Crippen MR) is 59.1 cm³/mol. The molecule has 0 saturated heterocycles. The van der Waals surface area contributed by atoms with E-state index in [1.807, 2.05) is 0 Å². The van der Waals surface area contributed by atoms with Gasteiger partial charge in [-0.15, -0.1) is 0 Å². The Hall–Kier alpha value is -2.08. The first-order valence-electron chi connectivity index (χ1n) is 4.32. The summed E-state index contributed by atoms with van der Waals surface area (Å²) in [7, 11) is 0. The molecule has 7 heteroatoms. The number of nitrogens with one attached hydrogen (secondary N) is 2. The van der Waals surface area contributed by atoms with Gasteiger partial charge in [-0.3, -0.25) is 0 Å². The third-order valence-corrected chi connectivity index (χ3v) is 2.03. The highest BCUT2D eigenvalue weighted by atomic mass is 35.5. The Kier molecular flexibility index (Phi) is 2.74. The van der Waals surface area contributed by atoms with Crippen LogP contribution in [0.25, 0.3) is 0 Å². The van der Waals surface area contributed by atoms with Crippen LogP contribution < -0.4 is 11.0 Å². The van der Waals surface area contributed by atoms with Crippen molar-refractivity contribution < 1.29 is 5.11 Å². The molecule has 0 amide bonds. The fourth-order valence-corrected chi connectivity index (χ4v) is 1.29. The molecule has 82 valence electrons. The van der Waals surface area contributed by atoms with Crippen LogP contribution >= 0.6 is 11.6 Å². The average Bonchev–Trinajstić information content (AvgIpc) is 2.24. The lowest BCUT2D eigenvalue weighted by Crippen LogP contribution is -2.13. The summed E-state index contributed by atoms with van der Waals surface area (Å²) < 4.78 is 0. The monoisotopic (exact) mass is 238 g/mol. The number of hydrogen-bond donors (Lipinski definition) is 3. The van der Waals surface area contributed by atoms with Gasteiger partial charge < -0.3 is 10.4 Å². The molecule has 1 heterocycles. The molecule has 0 radical (unpaired) electrons. The SMILES string of the molecule is O=c1nc(Nc2cc(Cl)ccc2O)cn[nH]1. The van der Waals surface area contributed by atoms with E-state index in [1.54, 1.807) is 6.07 Å². The second kappa shape index (κ2) is 4.19. The van der Waals surface area contributed by atoms with E-state index >= 15 is 0 Å². The second-order valence-electron chi connectivity index (χ2n) is 2.96. The minimum absolute atomic E-state index is 0.00600. The molecule has 2 aromatic rings. The van der Waals surface area contributed by atoms with Crippen molar-refractivity contribution in [3.8, 4) is 5.75 Å². The van der Waals surface area contributed by atoms with Crippen LogP contribution in [0.15, 0.2) is 29.2 Å². The van der Waals surface area contributed by atoms with E-state index in [0.29, 0.717) is 10.7 Å². The molecular formula is C9H7ClN4O2. The van der Waals surface area contributed by atoms with Gasteiger partial charge in [0.1, 0.15) is 5.75 Å². The van der Waals surface area contributed by atoms with Crippen molar-refractivity contribution in [1.29, 1.82) is 0 Å². The number of phenols is 1. The van der Waals surface area contributed by atoms with E-state index in [2.05, 4.69) is 20.5 Å². The quantitative estimate of drug-likeness (QED) is 0.686. The van der Waals surface area contributed by atoms with Gasteiger partial charge in [0.15, 0.2) is 5.82 Å². The fraction of sp³-hybridized carbons (Fsp3) is 0. The van der Waals surface area contributed by atoms with Gasteiger partial charge in [0.05, 0.1) is 11.9 Å². The number of aromatic amines is 1. The lowest BCUT2D eigenvalue weighted by molar-refractivity contribution is 0.477. The van der Waals surface area contributed by atoms with E-state index in [1.165, 1.54) is 18.3 Å². The maximum atomic E-state index is 10.9. The summed E-state index contributed by atoms with van der Waals surface area (Å²) in [6, 6.07) is 4.50. The molecule has 2 rings (SSSR count). The first-order valence-corrected chi connectivity index (χ1v) is 4.70. The third-order valence-electron chi connectivity index (χ3n) is 1.79. The smallest absolute Gasteiger partial charge is 0.363 e. The molecule has 0 unspecified atom stereocenters. The fourth-order valence-electron chi connectivity index (χ4n) is 1.12. The Morgan fingerprint density at radius 1 is 1.44 bits per heavy atom. The summed E-state index contributed by atoms with van der Waals surface area (Å²) in [5.74, 6) is 0.229. The summed E-state index contributed by atoms with van der Waals surface area (Å²) in [5.41, 5.74) is -0.223. The molecule has 0 aliphatic carbocycles. The predicted octanol–water partition coefficient (Wildman–Crippen LogP) is 1.27. The highest BCUT2D eigenvalue weighted by Gasteiger charge is 2.03. The number of rotatable bonds is 2. The van der Waals surface area contributed by atoms with Crippen molar-refractivity contribution >= 4 is 23.1 Å². The molecule has 3 N–H and O–H groups in total. The summed E-state index contributed by atoms with van der Waals surface area (Å²) >= 11 is 5.76. The Morgan fingerprint density at radius 2 is 2.25 bits per heavy atom. The van der Waals surface area contributed by atoms with Crippen LogP contribution in [0, 0.1) is 0 Å². The highest BCUT2D eigenvalue weighted by molar-refractivity contribution is 6.30. The van der Waals surface area contributed by atoms with Crippen molar-refractivity contribution in [1.82, 2.24) is 15.2 Å². The molecule has 0 aliphatic rings. The normalized spacial score (nSPS) is 10.1. The largest absolute Gasteiger partial charge is 0.506 e. The summed E-state index contributed by atoms with van der Waals surface area (Å²) in [4.78, 5) is 14.5. The van der Waals surface area contributed by atoms with Crippen LogP contribution in [0.4, 0.5) is 11.5 Å². The lowest BCUT2D eigenvalue weighted by Gasteiger charge is -2.06. The third kappa shape index (κ3) is 2.29. The van der Waals surface area contributed by atoms with Crippen LogP contribution in [0.1, 0.15) is 0 Å². The number of aromatic hydroxyl groups is 1. The van der Waals surface area contributed by atoms with Crippen molar-refractivity contribution in [2.45, 2.75) is 0 Å². The molecule has 1 aromatic heterocycles. The van der Waals surface area contributed by atoms with Gasteiger partial charge in [0.2, 0.25) is 0 Å². The number of H-pyrrole nitrogens is 1. The second-order valence-corrected chi connectivity index (χ2v) is 3.40. The standard InChI is InChI=1S/C9H7ClN4O2/c10-5-1-2-7(15)6(3-5)12-8-4-11-14-9(16)13-8/h1-4,15H,(H2,12,13,14,16). The van der Waals surface area contributed by atoms with Crippen molar-refractivity contribution in [2.75, 3.05) is 5.32 Å². The summed E-state index contributed by atoms with van der Waals surface area (Å²) in [5, 5.41) is 18.4. The van der Waals surface area contributed by atoms with E-state index in [4.69, 9.17) is 11.6 Å². The molecule has 16 heavy (non-hydrogen) atoms. The minimum atomic E-state index is -0.577. The topological polar surface area (TPSA) is 90.9 Å². The van der Waals surface area contributed by atoms with Crippen molar-refractivity contribution in [3.05, 3.63) is 39.9 Å². The van der Waals surface area contributed by atoms with Crippen molar-refractivity contribution in [2.24, 2.45) is 0 Å². The van der Waals surface area contributed by atoms with Gasteiger partial charge in [0.25, 0.3) is 0 Å². The Labute approximate surface area is 94.9 Å². The van der Waals surface area contributed by atoms with E-state index < -0.39 is 5.69 Å². The molecule has 0 atom stereocenters. The zero-order chi connectivity index (χ0) is 11.5.